The first-order valence-electron chi connectivity index (χ1n) is 15.6. The Labute approximate surface area is 270 Å². The number of benzene rings is 5. The highest BCUT2D eigenvalue weighted by Crippen LogP contribution is 2.53. The Balaban J connectivity index is 1.59. The molecular weight excluding hydrogens is 566 g/mol. The zero-order chi connectivity index (χ0) is 31.8. The SMILES string of the molecule is [B]C([B])(c1cc(C(C)C)c(-n2c(-c3cccc4c3oc3c5ccccc5ccc43)nc3ccccc32)c(C(C)C)c1)S(C)(C)C. The summed E-state index contributed by atoms with van der Waals surface area (Å²) in [6.45, 7) is 8.98. The van der Waals surface area contributed by atoms with Crippen LogP contribution >= 0.6 is 10.0 Å². The molecule has 0 spiro atoms. The fourth-order valence-electron chi connectivity index (χ4n) is 6.53. The Morgan fingerprint density at radius 3 is 2.02 bits per heavy atom. The molecule has 2 heterocycles. The van der Waals surface area contributed by atoms with E-state index < -0.39 is 14.6 Å². The Bertz CT molecular complexity index is 2220. The highest BCUT2D eigenvalue weighted by molar-refractivity contribution is 8.34. The molecular formula is C39H38B2N2OS. The molecule has 0 fully saturated rings. The number of aromatic nitrogens is 2. The minimum atomic E-state index is -1.32. The Morgan fingerprint density at radius 2 is 1.33 bits per heavy atom. The standard InChI is InChI=1S/C39H38B2N2OS/c1-23(2)31-21-26(39(40,41)45(5,6)7)22-32(24(3)4)35(31)43-34-18-11-10-17-33(34)42-38(43)30-16-12-15-28-29-20-19-25-13-8-9-14-27(25)36(29)44-37(28)30/h8-24H,1-7H3. The number of imidazole rings is 1. The molecule has 0 saturated carbocycles. The van der Waals surface area contributed by atoms with Gasteiger partial charge >= 0.3 is 0 Å². The van der Waals surface area contributed by atoms with E-state index in [2.05, 4.69) is 142 Å². The largest absolute Gasteiger partial charge is 0.455 e. The van der Waals surface area contributed by atoms with Gasteiger partial charge in [-0.25, -0.2) is 4.98 Å². The van der Waals surface area contributed by atoms with Gasteiger partial charge in [0.15, 0.2) is 0 Å². The van der Waals surface area contributed by atoms with E-state index >= 15 is 0 Å². The monoisotopic (exact) mass is 604 g/mol. The predicted molar refractivity (Wildman–Crippen MR) is 198 cm³/mol. The maximum atomic E-state index is 6.96. The number of hydrogen-bond donors (Lipinski definition) is 0. The lowest BCUT2D eigenvalue weighted by Gasteiger charge is -2.46. The second-order valence-electron chi connectivity index (χ2n) is 13.7. The van der Waals surface area contributed by atoms with Gasteiger partial charge in [-0.2, -0.15) is 0 Å². The van der Waals surface area contributed by atoms with Gasteiger partial charge in [-0.3, -0.25) is 14.6 Å². The van der Waals surface area contributed by atoms with Crippen LogP contribution in [0.25, 0.3) is 60.8 Å². The molecule has 5 aromatic carbocycles. The fraction of sp³-hybridized carbons (Fsp3) is 0.256. The lowest BCUT2D eigenvalue weighted by molar-refractivity contribution is 0.673. The van der Waals surface area contributed by atoms with Crippen LogP contribution in [-0.4, -0.2) is 44.0 Å². The van der Waals surface area contributed by atoms with Crippen LogP contribution in [0.1, 0.15) is 56.2 Å². The molecule has 222 valence electrons. The summed E-state index contributed by atoms with van der Waals surface area (Å²) in [6, 6.07) is 32.0. The summed E-state index contributed by atoms with van der Waals surface area (Å²) in [5.74, 6) is 1.28. The first-order chi connectivity index (χ1) is 21.4. The Morgan fingerprint density at radius 1 is 0.711 bits per heavy atom. The van der Waals surface area contributed by atoms with Gasteiger partial charge < -0.3 is 4.42 Å². The molecule has 0 saturated heterocycles. The summed E-state index contributed by atoms with van der Waals surface area (Å²) in [4.78, 5) is 5.31. The van der Waals surface area contributed by atoms with Gasteiger partial charge in [0.25, 0.3) is 0 Å². The molecule has 6 heteroatoms. The van der Waals surface area contributed by atoms with Crippen LogP contribution < -0.4 is 0 Å². The minimum absolute atomic E-state index is 0.214. The molecule has 0 aliphatic heterocycles. The van der Waals surface area contributed by atoms with E-state index in [1.165, 1.54) is 11.1 Å². The van der Waals surface area contributed by atoms with Crippen molar-refractivity contribution in [1.82, 2.24) is 9.55 Å². The van der Waals surface area contributed by atoms with Crippen molar-refractivity contribution in [2.45, 2.75) is 44.1 Å². The van der Waals surface area contributed by atoms with Crippen LogP contribution in [0, 0.1) is 0 Å². The van der Waals surface area contributed by atoms with Gasteiger partial charge in [-0.15, -0.1) is 0 Å². The van der Waals surface area contributed by atoms with E-state index in [1.807, 2.05) is 0 Å². The number of para-hydroxylation sites is 3. The quantitative estimate of drug-likeness (QED) is 0.177. The Kier molecular flexibility index (Phi) is 7.01. The zero-order valence-electron chi connectivity index (χ0n) is 27.2. The third kappa shape index (κ3) is 4.63. The normalized spacial score (nSPS) is 13.3. The Hall–Kier alpha value is -3.89. The molecule has 4 radical (unpaired) electrons. The molecule has 45 heavy (non-hydrogen) atoms. The van der Waals surface area contributed by atoms with Gasteiger partial charge in [-0.1, -0.05) is 100.0 Å². The van der Waals surface area contributed by atoms with E-state index in [0.717, 1.165) is 66.4 Å². The molecule has 7 aromatic rings. The van der Waals surface area contributed by atoms with E-state index in [9.17, 15) is 0 Å². The number of furan rings is 1. The summed E-state index contributed by atoms with van der Waals surface area (Å²) < 4.78 is 8.23. The lowest BCUT2D eigenvalue weighted by atomic mass is 9.64. The lowest BCUT2D eigenvalue weighted by Crippen LogP contribution is -2.33. The molecule has 0 bridgehead atoms. The van der Waals surface area contributed by atoms with Crippen molar-refractivity contribution >= 4 is 69.5 Å². The average molecular weight is 604 g/mol. The van der Waals surface area contributed by atoms with Crippen LogP contribution in [-0.2, 0) is 4.55 Å². The molecule has 0 aliphatic carbocycles. The van der Waals surface area contributed by atoms with Gasteiger partial charge in [0.05, 0.1) is 38.0 Å². The van der Waals surface area contributed by atoms with Crippen LogP contribution in [0.15, 0.2) is 95.4 Å². The molecule has 0 amide bonds. The highest BCUT2D eigenvalue weighted by atomic mass is 32.3. The van der Waals surface area contributed by atoms with Crippen molar-refractivity contribution in [2.75, 3.05) is 18.8 Å². The van der Waals surface area contributed by atoms with Crippen molar-refractivity contribution in [3.63, 3.8) is 0 Å². The predicted octanol–water partition coefficient (Wildman–Crippen LogP) is 10.1. The third-order valence-corrected chi connectivity index (χ3v) is 11.6. The molecule has 0 unspecified atom stereocenters. The summed E-state index contributed by atoms with van der Waals surface area (Å²) >= 11 is 0. The summed E-state index contributed by atoms with van der Waals surface area (Å²) in [5.41, 5.74) is 9.22. The van der Waals surface area contributed by atoms with Crippen molar-refractivity contribution in [3.05, 3.63) is 108 Å². The van der Waals surface area contributed by atoms with Crippen LogP contribution in [0.4, 0.5) is 0 Å². The number of rotatable bonds is 6. The van der Waals surface area contributed by atoms with Gasteiger partial charge in [0.2, 0.25) is 0 Å². The van der Waals surface area contributed by atoms with E-state index in [-0.39, 0.29) is 11.8 Å². The van der Waals surface area contributed by atoms with Gasteiger partial charge in [0, 0.05) is 16.2 Å². The third-order valence-electron chi connectivity index (χ3n) is 9.29. The molecule has 0 atom stereocenters. The van der Waals surface area contributed by atoms with E-state index in [1.54, 1.807) is 0 Å². The van der Waals surface area contributed by atoms with Crippen LogP contribution in [0.2, 0.25) is 0 Å². The first kappa shape index (κ1) is 29.8. The van der Waals surface area contributed by atoms with Crippen molar-refractivity contribution in [1.29, 1.82) is 0 Å². The molecule has 0 aliphatic rings. The van der Waals surface area contributed by atoms with Gasteiger partial charge in [-0.05, 0) is 75.9 Å². The average Bonchev–Trinajstić information content (AvgIpc) is 3.58. The van der Waals surface area contributed by atoms with Crippen LogP contribution in [0.3, 0.4) is 0 Å². The van der Waals surface area contributed by atoms with Crippen molar-refractivity contribution < 1.29 is 4.42 Å². The number of hydrogen-bond acceptors (Lipinski definition) is 2. The van der Waals surface area contributed by atoms with Crippen molar-refractivity contribution in [3.8, 4) is 17.1 Å². The minimum Gasteiger partial charge on any atom is -0.455 e. The summed E-state index contributed by atoms with van der Waals surface area (Å²) in [5, 5.41) is 4.46. The number of fused-ring (bicyclic) bond motifs is 6. The van der Waals surface area contributed by atoms with E-state index in [4.69, 9.17) is 25.1 Å². The van der Waals surface area contributed by atoms with E-state index in [0.29, 0.717) is 0 Å². The molecule has 2 aromatic heterocycles. The summed E-state index contributed by atoms with van der Waals surface area (Å²) in [7, 11) is 12.6. The second kappa shape index (κ2) is 10.6. The maximum Gasteiger partial charge on any atom is 0.149 e. The smallest absolute Gasteiger partial charge is 0.149 e. The van der Waals surface area contributed by atoms with Gasteiger partial charge in [0.1, 0.15) is 17.0 Å². The fourth-order valence-corrected chi connectivity index (χ4v) is 7.36. The summed E-state index contributed by atoms with van der Waals surface area (Å²) in [6.07, 6.45) is 6.55. The van der Waals surface area contributed by atoms with Crippen molar-refractivity contribution in [2.24, 2.45) is 0 Å². The molecule has 7 rings (SSSR count). The topological polar surface area (TPSA) is 31.0 Å². The maximum absolute atomic E-state index is 6.96. The second-order valence-corrected chi connectivity index (χ2v) is 18.0. The zero-order valence-corrected chi connectivity index (χ0v) is 28.0. The first-order valence-corrected chi connectivity index (χ1v) is 18.5. The molecule has 0 N–H and O–H groups in total. The number of nitrogens with zero attached hydrogens (tertiary/aromatic N) is 2. The highest BCUT2D eigenvalue weighted by Gasteiger charge is 2.33. The van der Waals surface area contributed by atoms with Crippen LogP contribution in [0.5, 0.6) is 0 Å². The molecule has 3 nitrogen and oxygen atoms in total.